The highest BCUT2D eigenvalue weighted by Gasteiger charge is 2.52. The number of carbonyl (C=O) groups excluding carboxylic acids is 2. The van der Waals surface area contributed by atoms with Crippen molar-refractivity contribution in [3.8, 4) is 0 Å². The Labute approximate surface area is 152 Å². The van der Waals surface area contributed by atoms with E-state index in [0.29, 0.717) is 6.54 Å². The molecule has 0 aliphatic carbocycles. The van der Waals surface area contributed by atoms with Gasteiger partial charge in [0, 0.05) is 6.54 Å². The summed E-state index contributed by atoms with van der Waals surface area (Å²) in [5.74, 6) is -0.231. The molecule has 1 aromatic carbocycles. The molecule has 3 nitrogen and oxygen atoms in total. The van der Waals surface area contributed by atoms with Crippen LogP contribution in [-0.4, -0.2) is 23.3 Å². The highest BCUT2D eigenvalue weighted by molar-refractivity contribution is 6.05. The van der Waals surface area contributed by atoms with Crippen molar-refractivity contribution >= 4 is 11.8 Å². The normalized spacial score (nSPS) is 23.2. The van der Waals surface area contributed by atoms with Gasteiger partial charge in [0.25, 0.3) is 0 Å². The van der Waals surface area contributed by atoms with E-state index in [1.165, 1.54) is 10.5 Å². The van der Waals surface area contributed by atoms with E-state index in [1.807, 2.05) is 13.0 Å². The van der Waals surface area contributed by atoms with E-state index in [-0.39, 0.29) is 40.4 Å². The summed E-state index contributed by atoms with van der Waals surface area (Å²) in [6.45, 7) is 15.2. The molecule has 0 spiro atoms. The van der Waals surface area contributed by atoms with Gasteiger partial charge in [0.1, 0.15) is 0 Å². The SMILES string of the molecule is CCN1C(=O)C(CC(c2ccccc2)C(C)(C)C)C(C(C)(C)C)C1=O. The summed E-state index contributed by atoms with van der Waals surface area (Å²) in [5, 5.41) is 0. The summed E-state index contributed by atoms with van der Waals surface area (Å²) < 4.78 is 0. The number of amides is 2. The third-order valence-electron chi connectivity index (χ3n) is 5.50. The van der Waals surface area contributed by atoms with E-state index in [4.69, 9.17) is 0 Å². The van der Waals surface area contributed by atoms with Gasteiger partial charge in [-0.05, 0) is 35.7 Å². The number of likely N-dealkylation sites (tertiary alicyclic amines) is 1. The van der Waals surface area contributed by atoms with Gasteiger partial charge >= 0.3 is 0 Å². The van der Waals surface area contributed by atoms with Gasteiger partial charge in [0.15, 0.2) is 0 Å². The number of hydrogen-bond acceptors (Lipinski definition) is 2. The summed E-state index contributed by atoms with van der Waals surface area (Å²) >= 11 is 0. The first-order chi connectivity index (χ1) is 11.5. The van der Waals surface area contributed by atoms with E-state index in [9.17, 15) is 9.59 Å². The first-order valence-electron chi connectivity index (χ1n) is 9.38. The van der Waals surface area contributed by atoms with Crippen LogP contribution in [0.5, 0.6) is 0 Å². The minimum absolute atomic E-state index is 0.00530. The number of benzene rings is 1. The number of rotatable bonds is 4. The molecule has 3 atom stereocenters. The van der Waals surface area contributed by atoms with Crippen LogP contribution in [0.15, 0.2) is 30.3 Å². The predicted molar refractivity (Wildman–Crippen MR) is 102 cm³/mol. The fourth-order valence-electron chi connectivity index (χ4n) is 4.24. The van der Waals surface area contributed by atoms with Crippen molar-refractivity contribution in [3.63, 3.8) is 0 Å². The van der Waals surface area contributed by atoms with Crippen LogP contribution in [0, 0.1) is 22.7 Å². The number of carbonyl (C=O) groups is 2. The van der Waals surface area contributed by atoms with Gasteiger partial charge < -0.3 is 0 Å². The fraction of sp³-hybridized carbons (Fsp3) is 0.636. The van der Waals surface area contributed by atoms with Gasteiger partial charge in [-0.15, -0.1) is 0 Å². The Hall–Kier alpha value is -1.64. The van der Waals surface area contributed by atoms with Crippen LogP contribution in [0.3, 0.4) is 0 Å². The molecule has 0 radical (unpaired) electrons. The molecule has 138 valence electrons. The number of imide groups is 1. The minimum atomic E-state index is -0.242. The standard InChI is InChI=1S/C22H33NO2/c1-8-23-19(24)16(18(20(23)25)22(5,6)7)14-17(21(2,3)4)15-12-10-9-11-13-15/h9-13,16-18H,8,14H2,1-7H3. The molecule has 2 rings (SSSR count). The summed E-state index contributed by atoms with van der Waals surface area (Å²) in [7, 11) is 0. The van der Waals surface area contributed by atoms with Crippen LogP contribution in [0.2, 0.25) is 0 Å². The van der Waals surface area contributed by atoms with Crippen LogP contribution in [-0.2, 0) is 9.59 Å². The van der Waals surface area contributed by atoms with Crippen molar-refractivity contribution in [2.45, 2.75) is 60.8 Å². The first kappa shape index (κ1) is 19.7. The molecule has 3 unspecified atom stereocenters. The van der Waals surface area contributed by atoms with Crippen molar-refractivity contribution < 1.29 is 9.59 Å². The average molecular weight is 344 g/mol. The van der Waals surface area contributed by atoms with Gasteiger partial charge in [-0.1, -0.05) is 71.9 Å². The molecule has 1 heterocycles. The average Bonchev–Trinajstić information content (AvgIpc) is 2.74. The zero-order valence-corrected chi connectivity index (χ0v) is 16.8. The highest BCUT2D eigenvalue weighted by Crippen LogP contribution is 2.47. The summed E-state index contributed by atoms with van der Waals surface area (Å²) in [5.41, 5.74) is 1.05. The molecule has 2 amide bonds. The number of hydrogen-bond donors (Lipinski definition) is 0. The second kappa shape index (κ2) is 6.93. The fourth-order valence-corrected chi connectivity index (χ4v) is 4.24. The van der Waals surface area contributed by atoms with Crippen molar-refractivity contribution in [2.75, 3.05) is 6.54 Å². The Kier molecular flexibility index (Phi) is 5.46. The molecule has 1 aliphatic rings. The van der Waals surface area contributed by atoms with E-state index < -0.39 is 0 Å². The monoisotopic (exact) mass is 343 g/mol. The topological polar surface area (TPSA) is 37.4 Å². The van der Waals surface area contributed by atoms with Gasteiger partial charge in [-0.2, -0.15) is 0 Å². The van der Waals surface area contributed by atoms with Gasteiger partial charge in [-0.3, -0.25) is 14.5 Å². The van der Waals surface area contributed by atoms with Crippen molar-refractivity contribution in [1.29, 1.82) is 0 Å². The number of nitrogens with zero attached hydrogens (tertiary/aromatic N) is 1. The lowest BCUT2D eigenvalue weighted by Crippen LogP contribution is -2.34. The molecular weight excluding hydrogens is 310 g/mol. The van der Waals surface area contributed by atoms with Gasteiger partial charge in [0.2, 0.25) is 11.8 Å². The summed E-state index contributed by atoms with van der Waals surface area (Å²) in [6, 6.07) is 10.4. The van der Waals surface area contributed by atoms with Gasteiger partial charge in [0.05, 0.1) is 11.8 Å². The van der Waals surface area contributed by atoms with Crippen LogP contribution in [0.1, 0.15) is 66.4 Å². The molecule has 1 aromatic rings. The Morgan fingerprint density at radius 1 is 0.960 bits per heavy atom. The van der Waals surface area contributed by atoms with Crippen LogP contribution < -0.4 is 0 Å². The maximum atomic E-state index is 13.0. The van der Waals surface area contributed by atoms with Crippen molar-refractivity contribution in [3.05, 3.63) is 35.9 Å². The van der Waals surface area contributed by atoms with E-state index in [2.05, 4.69) is 65.8 Å². The second-order valence-corrected chi connectivity index (χ2v) is 9.44. The second-order valence-electron chi connectivity index (χ2n) is 9.44. The smallest absolute Gasteiger partial charge is 0.233 e. The van der Waals surface area contributed by atoms with Crippen molar-refractivity contribution in [1.82, 2.24) is 4.90 Å². The lowest BCUT2D eigenvalue weighted by atomic mass is 9.66. The zero-order chi connectivity index (χ0) is 19.0. The quantitative estimate of drug-likeness (QED) is 0.731. The highest BCUT2D eigenvalue weighted by atomic mass is 16.2. The minimum Gasteiger partial charge on any atom is -0.282 e. The van der Waals surface area contributed by atoms with Crippen LogP contribution >= 0.6 is 0 Å². The molecule has 0 bridgehead atoms. The summed E-state index contributed by atoms with van der Waals surface area (Å²) in [6.07, 6.45) is 0.719. The molecule has 1 aliphatic heterocycles. The molecule has 0 saturated carbocycles. The predicted octanol–water partition coefficient (Wildman–Crippen LogP) is 4.87. The van der Waals surface area contributed by atoms with Crippen molar-refractivity contribution in [2.24, 2.45) is 22.7 Å². The molecule has 1 saturated heterocycles. The van der Waals surface area contributed by atoms with Gasteiger partial charge in [-0.25, -0.2) is 0 Å². The van der Waals surface area contributed by atoms with E-state index in [1.54, 1.807) is 0 Å². The largest absolute Gasteiger partial charge is 0.282 e. The lowest BCUT2D eigenvalue weighted by molar-refractivity contribution is -0.140. The third kappa shape index (κ3) is 3.96. The first-order valence-corrected chi connectivity index (χ1v) is 9.38. The van der Waals surface area contributed by atoms with Crippen LogP contribution in [0.4, 0.5) is 0 Å². The van der Waals surface area contributed by atoms with E-state index in [0.717, 1.165) is 6.42 Å². The third-order valence-corrected chi connectivity index (χ3v) is 5.50. The van der Waals surface area contributed by atoms with Crippen LogP contribution in [0.25, 0.3) is 0 Å². The molecular formula is C22H33NO2. The maximum absolute atomic E-state index is 13.0. The Balaban J connectivity index is 2.42. The molecule has 0 N–H and O–H groups in total. The maximum Gasteiger partial charge on any atom is 0.233 e. The Bertz CT molecular complexity index is 622. The molecule has 3 heteroatoms. The lowest BCUT2D eigenvalue weighted by Gasteiger charge is -2.36. The molecule has 25 heavy (non-hydrogen) atoms. The Morgan fingerprint density at radius 2 is 1.52 bits per heavy atom. The van der Waals surface area contributed by atoms with E-state index >= 15 is 0 Å². The zero-order valence-electron chi connectivity index (χ0n) is 16.8. The Morgan fingerprint density at radius 3 is 1.96 bits per heavy atom. The molecule has 1 fully saturated rings. The summed E-state index contributed by atoms with van der Waals surface area (Å²) in [4.78, 5) is 27.3. The molecule has 0 aromatic heterocycles.